The van der Waals surface area contributed by atoms with Gasteiger partial charge in [0, 0.05) is 22.3 Å². The summed E-state index contributed by atoms with van der Waals surface area (Å²) >= 11 is 0. The van der Waals surface area contributed by atoms with E-state index in [1.54, 1.807) is 48.5 Å². The molecule has 4 rings (SSSR count). The molecule has 1 aliphatic heterocycles. The molecule has 0 aromatic heterocycles. The van der Waals surface area contributed by atoms with Crippen LogP contribution in [0.1, 0.15) is 51.1 Å². The molecule has 1 saturated heterocycles. The molecule has 0 saturated carbocycles. The highest BCUT2D eigenvalue weighted by Crippen LogP contribution is 2.26. The van der Waals surface area contributed by atoms with Crippen LogP contribution in [-0.2, 0) is 0 Å². The molecule has 1 N–H and O–H groups in total. The molecule has 22 heavy (non-hydrogen) atoms. The number of ketones is 2. The van der Waals surface area contributed by atoms with Crippen LogP contribution >= 0.6 is 0 Å². The number of hydrogen-bond acceptors (Lipinski definition) is 3. The molecule has 0 unspecified atom stereocenters. The average Bonchev–Trinajstić information content (AvgIpc) is 2.62. The van der Waals surface area contributed by atoms with Crippen molar-refractivity contribution in [3.63, 3.8) is 0 Å². The van der Waals surface area contributed by atoms with Gasteiger partial charge in [-0.05, 0) is 25.9 Å². The summed E-state index contributed by atoms with van der Waals surface area (Å²) in [5.41, 5.74) is 2.02. The lowest BCUT2D eigenvalue weighted by Crippen LogP contribution is -2.21. The Labute approximate surface area is 130 Å². The second kappa shape index (κ2) is 6.67. The average molecular weight is 293 g/mol. The van der Waals surface area contributed by atoms with Gasteiger partial charge in [0.05, 0.1) is 0 Å². The molecule has 1 aliphatic carbocycles. The van der Waals surface area contributed by atoms with Crippen molar-refractivity contribution in [2.24, 2.45) is 0 Å². The number of rotatable bonds is 0. The van der Waals surface area contributed by atoms with Gasteiger partial charge in [0.25, 0.3) is 0 Å². The monoisotopic (exact) mass is 293 g/mol. The van der Waals surface area contributed by atoms with Gasteiger partial charge in [0.15, 0.2) is 11.6 Å². The molecule has 1 fully saturated rings. The SMILES string of the molecule is C1CCNCC1.O=C1c2ccccc2C(=O)c2ccccc21. The van der Waals surface area contributed by atoms with E-state index in [0.29, 0.717) is 22.3 Å². The first-order valence-electron chi connectivity index (χ1n) is 7.77. The van der Waals surface area contributed by atoms with Gasteiger partial charge in [-0.25, -0.2) is 0 Å². The van der Waals surface area contributed by atoms with Crippen LogP contribution in [0.4, 0.5) is 0 Å². The molecule has 0 bridgehead atoms. The Balaban J connectivity index is 0.000000202. The zero-order valence-corrected chi connectivity index (χ0v) is 12.5. The molecule has 2 aromatic rings. The predicted molar refractivity (Wildman–Crippen MR) is 86.5 cm³/mol. The molecule has 0 spiro atoms. The molecule has 2 aromatic carbocycles. The second-order valence-electron chi connectivity index (χ2n) is 5.56. The van der Waals surface area contributed by atoms with E-state index in [9.17, 15) is 9.59 Å². The molecule has 0 amide bonds. The highest BCUT2D eigenvalue weighted by Gasteiger charge is 2.28. The lowest BCUT2D eigenvalue weighted by molar-refractivity contribution is 0.0979. The van der Waals surface area contributed by atoms with Crippen molar-refractivity contribution in [3.05, 3.63) is 70.8 Å². The first-order valence-corrected chi connectivity index (χ1v) is 7.77. The third kappa shape index (κ3) is 2.85. The molecular formula is C19H19NO2. The standard InChI is InChI=1S/C14H8O2.C5H11N/c15-13-9-5-1-2-6-10(9)14(16)12-8-4-3-7-11(12)13;1-2-4-6-5-3-1/h1-8H;6H,1-5H2. The number of hydrogen-bond donors (Lipinski definition) is 1. The summed E-state index contributed by atoms with van der Waals surface area (Å²) < 4.78 is 0. The molecule has 112 valence electrons. The van der Waals surface area contributed by atoms with Gasteiger partial charge in [0.1, 0.15) is 0 Å². The first-order chi connectivity index (χ1) is 10.8. The molecule has 3 heteroatoms. The Morgan fingerprint density at radius 2 is 0.955 bits per heavy atom. The van der Waals surface area contributed by atoms with Crippen molar-refractivity contribution in [1.82, 2.24) is 5.32 Å². The number of carbonyl (C=O) groups excluding carboxylic acids is 2. The van der Waals surface area contributed by atoms with E-state index in [1.807, 2.05) is 0 Å². The highest BCUT2D eigenvalue weighted by molar-refractivity contribution is 6.28. The van der Waals surface area contributed by atoms with E-state index in [-0.39, 0.29) is 11.6 Å². The molecule has 2 aliphatic rings. The van der Waals surface area contributed by atoms with Crippen molar-refractivity contribution in [1.29, 1.82) is 0 Å². The number of nitrogens with one attached hydrogen (secondary N) is 1. The quantitative estimate of drug-likeness (QED) is 0.692. The largest absolute Gasteiger partial charge is 0.317 e. The Kier molecular flexibility index (Phi) is 4.45. The van der Waals surface area contributed by atoms with Crippen molar-refractivity contribution >= 4 is 11.6 Å². The minimum atomic E-state index is -0.0641. The summed E-state index contributed by atoms with van der Waals surface area (Å²) in [6.45, 7) is 2.50. The Bertz CT molecular complexity index is 585. The summed E-state index contributed by atoms with van der Waals surface area (Å²) in [6, 6.07) is 13.9. The number of piperidine rings is 1. The summed E-state index contributed by atoms with van der Waals surface area (Å²) in [5.74, 6) is -0.128. The van der Waals surface area contributed by atoms with E-state index in [2.05, 4.69) is 5.32 Å². The van der Waals surface area contributed by atoms with E-state index in [0.717, 1.165) is 0 Å². The third-order valence-electron chi connectivity index (χ3n) is 4.04. The highest BCUT2D eigenvalue weighted by atomic mass is 16.1. The van der Waals surface area contributed by atoms with Gasteiger partial charge in [0.2, 0.25) is 0 Å². The predicted octanol–water partition coefficient (Wildman–Crippen LogP) is 3.22. The van der Waals surface area contributed by atoms with Crippen LogP contribution in [0.5, 0.6) is 0 Å². The van der Waals surface area contributed by atoms with Crippen LogP contribution in [0, 0.1) is 0 Å². The van der Waals surface area contributed by atoms with Crippen LogP contribution in [0.2, 0.25) is 0 Å². The lowest BCUT2D eigenvalue weighted by Gasteiger charge is -2.16. The van der Waals surface area contributed by atoms with Gasteiger partial charge in [-0.15, -0.1) is 0 Å². The maximum Gasteiger partial charge on any atom is 0.194 e. The fourth-order valence-electron chi connectivity index (χ4n) is 2.85. The third-order valence-corrected chi connectivity index (χ3v) is 4.04. The van der Waals surface area contributed by atoms with Crippen LogP contribution in [0.3, 0.4) is 0 Å². The second-order valence-corrected chi connectivity index (χ2v) is 5.56. The molecule has 0 atom stereocenters. The summed E-state index contributed by atoms with van der Waals surface area (Å²) in [5, 5.41) is 3.28. The normalized spacial score (nSPS) is 16.2. The Morgan fingerprint density at radius 3 is 1.18 bits per heavy atom. The minimum Gasteiger partial charge on any atom is -0.317 e. The van der Waals surface area contributed by atoms with Gasteiger partial charge in [-0.2, -0.15) is 0 Å². The zero-order chi connectivity index (χ0) is 15.4. The van der Waals surface area contributed by atoms with Gasteiger partial charge >= 0.3 is 0 Å². The van der Waals surface area contributed by atoms with Crippen LogP contribution < -0.4 is 5.32 Å². The molecule has 0 radical (unpaired) electrons. The molecular weight excluding hydrogens is 274 g/mol. The summed E-state index contributed by atoms with van der Waals surface area (Å²) in [7, 11) is 0. The fraction of sp³-hybridized carbons (Fsp3) is 0.263. The number of benzene rings is 2. The van der Waals surface area contributed by atoms with Gasteiger partial charge in [-0.1, -0.05) is 55.0 Å². The molecule has 3 nitrogen and oxygen atoms in total. The summed E-state index contributed by atoms with van der Waals surface area (Å²) in [6.07, 6.45) is 4.22. The van der Waals surface area contributed by atoms with Crippen molar-refractivity contribution < 1.29 is 9.59 Å². The van der Waals surface area contributed by atoms with E-state index >= 15 is 0 Å². The zero-order valence-electron chi connectivity index (χ0n) is 12.5. The lowest BCUT2D eigenvalue weighted by atomic mass is 9.84. The van der Waals surface area contributed by atoms with Crippen LogP contribution in [0.15, 0.2) is 48.5 Å². The summed E-state index contributed by atoms with van der Waals surface area (Å²) in [4.78, 5) is 24.2. The topological polar surface area (TPSA) is 46.2 Å². The fourth-order valence-corrected chi connectivity index (χ4v) is 2.85. The van der Waals surface area contributed by atoms with Gasteiger partial charge < -0.3 is 5.32 Å². The van der Waals surface area contributed by atoms with Crippen molar-refractivity contribution in [3.8, 4) is 0 Å². The van der Waals surface area contributed by atoms with E-state index < -0.39 is 0 Å². The molecule has 1 heterocycles. The maximum absolute atomic E-state index is 12.1. The van der Waals surface area contributed by atoms with Gasteiger partial charge in [-0.3, -0.25) is 9.59 Å². The van der Waals surface area contributed by atoms with Crippen LogP contribution in [0.25, 0.3) is 0 Å². The smallest absolute Gasteiger partial charge is 0.194 e. The maximum atomic E-state index is 12.1. The number of carbonyl (C=O) groups is 2. The first kappa shape index (κ1) is 14.7. The van der Waals surface area contributed by atoms with Crippen LogP contribution in [-0.4, -0.2) is 24.7 Å². The Hall–Kier alpha value is -2.26. The Morgan fingerprint density at radius 1 is 0.591 bits per heavy atom. The van der Waals surface area contributed by atoms with Crippen molar-refractivity contribution in [2.75, 3.05) is 13.1 Å². The number of fused-ring (bicyclic) bond motifs is 2. The van der Waals surface area contributed by atoms with Crippen molar-refractivity contribution in [2.45, 2.75) is 19.3 Å². The van der Waals surface area contributed by atoms with E-state index in [4.69, 9.17) is 0 Å². The minimum absolute atomic E-state index is 0.0641. The van der Waals surface area contributed by atoms with E-state index in [1.165, 1.54) is 32.4 Å².